The first-order valence-electron chi connectivity index (χ1n) is 4.23. The summed E-state index contributed by atoms with van der Waals surface area (Å²) in [7, 11) is 0. The monoisotopic (exact) mass is 182 g/mol. The van der Waals surface area contributed by atoms with Crippen LogP contribution in [0, 0.1) is 0 Å². The quantitative estimate of drug-likeness (QED) is 0.625. The average Bonchev–Trinajstić information content (AvgIpc) is 2.20. The molecule has 0 bridgehead atoms. The molecule has 1 aromatic rings. The molecule has 0 saturated carbocycles. The van der Waals surface area contributed by atoms with Gasteiger partial charge in [-0.2, -0.15) is 0 Å². The SMILES string of the molecule is OCc1cccc(C(CO)CO)c1. The van der Waals surface area contributed by atoms with Crippen LogP contribution in [0.15, 0.2) is 24.3 Å². The van der Waals surface area contributed by atoms with E-state index in [1.165, 1.54) is 0 Å². The number of hydrogen-bond donors (Lipinski definition) is 3. The third-order valence-corrected chi connectivity index (χ3v) is 2.05. The highest BCUT2D eigenvalue weighted by atomic mass is 16.3. The van der Waals surface area contributed by atoms with Gasteiger partial charge in [0.05, 0.1) is 19.8 Å². The molecular weight excluding hydrogens is 168 g/mol. The maximum atomic E-state index is 8.92. The molecular formula is C10H14O3. The van der Waals surface area contributed by atoms with E-state index in [9.17, 15) is 0 Å². The van der Waals surface area contributed by atoms with Crippen LogP contribution in [0.25, 0.3) is 0 Å². The number of aliphatic hydroxyl groups is 3. The lowest BCUT2D eigenvalue weighted by Gasteiger charge is -2.11. The average molecular weight is 182 g/mol. The van der Waals surface area contributed by atoms with Crippen molar-refractivity contribution in [2.24, 2.45) is 0 Å². The van der Waals surface area contributed by atoms with Gasteiger partial charge in [-0.15, -0.1) is 0 Å². The molecule has 72 valence electrons. The highest BCUT2D eigenvalue weighted by Gasteiger charge is 2.08. The molecule has 0 aromatic heterocycles. The number of benzene rings is 1. The van der Waals surface area contributed by atoms with Crippen molar-refractivity contribution in [3.05, 3.63) is 35.4 Å². The minimum atomic E-state index is -0.244. The van der Waals surface area contributed by atoms with Crippen molar-refractivity contribution < 1.29 is 15.3 Å². The Labute approximate surface area is 77.3 Å². The molecule has 1 rings (SSSR count). The second-order valence-corrected chi connectivity index (χ2v) is 2.97. The van der Waals surface area contributed by atoms with E-state index in [0.717, 1.165) is 11.1 Å². The molecule has 3 heteroatoms. The van der Waals surface area contributed by atoms with Crippen LogP contribution >= 0.6 is 0 Å². The van der Waals surface area contributed by atoms with Crippen LogP contribution in [0.1, 0.15) is 17.0 Å². The predicted molar refractivity (Wildman–Crippen MR) is 49.3 cm³/mol. The van der Waals surface area contributed by atoms with E-state index in [2.05, 4.69) is 0 Å². The van der Waals surface area contributed by atoms with Crippen molar-refractivity contribution in [3.63, 3.8) is 0 Å². The Morgan fingerprint density at radius 1 is 1.08 bits per heavy atom. The van der Waals surface area contributed by atoms with Crippen LogP contribution < -0.4 is 0 Å². The molecule has 0 saturated heterocycles. The summed E-state index contributed by atoms with van der Waals surface area (Å²) in [5.41, 5.74) is 1.65. The van der Waals surface area contributed by atoms with E-state index < -0.39 is 0 Å². The van der Waals surface area contributed by atoms with Gasteiger partial charge in [0, 0.05) is 5.92 Å². The lowest BCUT2D eigenvalue weighted by molar-refractivity contribution is 0.192. The molecule has 0 fully saturated rings. The summed E-state index contributed by atoms with van der Waals surface area (Å²) in [6.07, 6.45) is 0. The highest BCUT2D eigenvalue weighted by Crippen LogP contribution is 2.15. The molecule has 13 heavy (non-hydrogen) atoms. The topological polar surface area (TPSA) is 60.7 Å². The molecule has 0 unspecified atom stereocenters. The van der Waals surface area contributed by atoms with Gasteiger partial charge in [0.15, 0.2) is 0 Å². The molecule has 0 aliphatic heterocycles. The molecule has 0 atom stereocenters. The largest absolute Gasteiger partial charge is 0.396 e. The summed E-state index contributed by atoms with van der Waals surface area (Å²) < 4.78 is 0. The smallest absolute Gasteiger partial charge is 0.0681 e. The van der Waals surface area contributed by atoms with Gasteiger partial charge >= 0.3 is 0 Å². The van der Waals surface area contributed by atoms with Gasteiger partial charge in [-0.1, -0.05) is 24.3 Å². The number of aliphatic hydroxyl groups excluding tert-OH is 3. The Bertz CT molecular complexity index is 256. The van der Waals surface area contributed by atoms with Crippen molar-refractivity contribution >= 4 is 0 Å². The summed E-state index contributed by atoms with van der Waals surface area (Å²) in [5, 5.41) is 26.7. The fourth-order valence-corrected chi connectivity index (χ4v) is 1.21. The summed E-state index contributed by atoms with van der Waals surface area (Å²) in [5.74, 6) is -0.244. The Balaban J connectivity index is 2.86. The summed E-state index contributed by atoms with van der Waals surface area (Å²) in [6, 6.07) is 7.22. The van der Waals surface area contributed by atoms with E-state index >= 15 is 0 Å². The van der Waals surface area contributed by atoms with E-state index in [1.54, 1.807) is 18.2 Å². The molecule has 0 spiro atoms. The number of rotatable bonds is 4. The zero-order valence-corrected chi connectivity index (χ0v) is 7.35. The maximum Gasteiger partial charge on any atom is 0.0681 e. The van der Waals surface area contributed by atoms with Crippen LogP contribution in [0.2, 0.25) is 0 Å². The molecule has 0 amide bonds. The van der Waals surface area contributed by atoms with E-state index in [1.807, 2.05) is 6.07 Å². The maximum absolute atomic E-state index is 8.92. The lowest BCUT2D eigenvalue weighted by atomic mass is 9.99. The molecule has 0 radical (unpaired) electrons. The van der Waals surface area contributed by atoms with Gasteiger partial charge in [-0.25, -0.2) is 0 Å². The van der Waals surface area contributed by atoms with Crippen molar-refractivity contribution in [3.8, 4) is 0 Å². The Kier molecular flexibility index (Phi) is 3.89. The fraction of sp³-hybridized carbons (Fsp3) is 0.400. The molecule has 0 heterocycles. The second kappa shape index (κ2) is 4.97. The zero-order valence-electron chi connectivity index (χ0n) is 7.35. The summed E-state index contributed by atoms with van der Waals surface area (Å²) in [6.45, 7) is -0.172. The van der Waals surface area contributed by atoms with E-state index in [0.29, 0.717) is 0 Å². The Hall–Kier alpha value is -0.900. The van der Waals surface area contributed by atoms with Crippen molar-refractivity contribution in [2.45, 2.75) is 12.5 Å². The minimum Gasteiger partial charge on any atom is -0.396 e. The van der Waals surface area contributed by atoms with E-state index in [-0.39, 0.29) is 25.7 Å². The van der Waals surface area contributed by atoms with Crippen LogP contribution in [-0.4, -0.2) is 28.5 Å². The van der Waals surface area contributed by atoms with Crippen LogP contribution in [0.5, 0.6) is 0 Å². The number of hydrogen-bond acceptors (Lipinski definition) is 3. The van der Waals surface area contributed by atoms with Crippen molar-refractivity contribution in [1.29, 1.82) is 0 Å². The first-order chi connectivity index (χ1) is 6.31. The van der Waals surface area contributed by atoms with Gasteiger partial charge in [-0.05, 0) is 11.1 Å². The van der Waals surface area contributed by atoms with Gasteiger partial charge in [0.25, 0.3) is 0 Å². The second-order valence-electron chi connectivity index (χ2n) is 2.97. The molecule has 3 nitrogen and oxygen atoms in total. The first-order valence-corrected chi connectivity index (χ1v) is 4.23. The minimum absolute atomic E-state index is 0.0165. The Morgan fingerprint density at radius 2 is 1.77 bits per heavy atom. The van der Waals surface area contributed by atoms with Gasteiger partial charge < -0.3 is 15.3 Å². The summed E-state index contributed by atoms with van der Waals surface area (Å²) in [4.78, 5) is 0. The zero-order chi connectivity index (χ0) is 9.68. The highest BCUT2D eigenvalue weighted by molar-refractivity contribution is 5.26. The standard InChI is InChI=1S/C10H14O3/c11-5-8-2-1-3-9(4-8)10(6-12)7-13/h1-4,10-13H,5-7H2. The van der Waals surface area contributed by atoms with Crippen LogP contribution in [-0.2, 0) is 6.61 Å². The fourth-order valence-electron chi connectivity index (χ4n) is 1.21. The third kappa shape index (κ3) is 2.52. The third-order valence-electron chi connectivity index (χ3n) is 2.05. The van der Waals surface area contributed by atoms with Crippen molar-refractivity contribution in [2.75, 3.05) is 13.2 Å². The predicted octanol–water partition coefficient (Wildman–Crippen LogP) is 0.247. The van der Waals surface area contributed by atoms with Crippen LogP contribution in [0.4, 0.5) is 0 Å². The molecule has 0 aliphatic carbocycles. The van der Waals surface area contributed by atoms with Crippen LogP contribution in [0.3, 0.4) is 0 Å². The van der Waals surface area contributed by atoms with Gasteiger partial charge in [-0.3, -0.25) is 0 Å². The molecule has 3 N–H and O–H groups in total. The normalized spacial score (nSPS) is 10.8. The van der Waals surface area contributed by atoms with Gasteiger partial charge in [0.1, 0.15) is 0 Å². The van der Waals surface area contributed by atoms with Gasteiger partial charge in [0.2, 0.25) is 0 Å². The lowest BCUT2D eigenvalue weighted by Crippen LogP contribution is -2.08. The molecule has 1 aromatic carbocycles. The molecule has 0 aliphatic rings. The Morgan fingerprint density at radius 3 is 2.31 bits per heavy atom. The first kappa shape index (κ1) is 10.2. The summed E-state index contributed by atoms with van der Waals surface area (Å²) >= 11 is 0. The van der Waals surface area contributed by atoms with Crippen molar-refractivity contribution in [1.82, 2.24) is 0 Å². The van der Waals surface area contributed by atoms with E-state index in [4.69, 9.17) is 15.3 Å².